The number of nitrogens with zero attached hydrogens (tertiary/aromatic N) is 3. The van der Waals surface area contributed by atoms with Gasteiger partial charge in [-0.2, -0.15) is 5.10 Å². The highest BCUT2D eigenvalue weighted by atomic mass is 16.8. The Morgan fingerprint density at radius 1 is 1.44 bits per heavy atom. The number of hydrogen-bond acceptors (Lipinski definition) is 5. The molecule has 18 heavy (non-hydrogen) atoms. The molecule has 2 N–H and O–H groups in total. The summed E-state index contributed by atoms with van der Waals surface area (Å²) in [5.41, 5.74) is 6.68. The Balaban J connectivity index is 1.61. The van der Waals surface area contributed by atoms with Gasteiger partial charge in [-0.1, -0.05) is 0 Å². The summed E-state index contributed by atoms with van der Waals surface area (Å²) in [4.78, 5) is 2.27. The van der Waals surface area contributed by atoms with E-state index in [1.807, 2.05) is 31.5 Å². The fourth-order valence-corrected chi connectivity index (χ4v) is 2.31. The first-order chi connectivity index (χ1) is 8.42. The van der Waals surface area contributed by atoms with Gasteiger partial charge in [0.05, 0.1) is 17.8 Å². The van der Waals surface area contributed by atoms with Crippen molar-refractivity contribution < 1.29 is 9.47 Å². The first-order valence-electron chi connectivity index (χ1n) is 6.32. The van der Waals surface area contributed by atoms with Gasteiger partial charge in [-0.15, -0.1) is 0 Å². The van der Waals surface area contributed by atoms with Gasteiger partial charge >= 0.3 is 0 Å². The third-order valence-corrected chi connectivity index (χ3v) is 3.11. The second-order valence-corrected chi connectivity index (χ2v) is 5.88. The van der Waals surface area contributed by atoms with E-state index < -0.39 is 0 Å². The predicted octanol–water partition coefficient (Wildman–Crippen LogP) is 0.778. The van der Waals surface area contributed by atoms with Crippen molar-refractivity contribution >= 4 is 5.82 Å². The standard InChI is InChI=1S/C12H20N4O2/c1-12(2,3)18-11-10(17-11)15-4-5-16-8(7-15)6-9(13)14-16/h6,10-11H,4-5,7H2,1-3H3,(H2,13,14). The van der Waals surface area contributed by atoms with E-state index in [9.17, 15) is 0 Å². The Kier molecular flexibility index (Phi) is 2.62. The first kappa shape index (κ1) is 12.0. The number of nitrogens with two attached hydrogens (primary N) is 1. The van der Waals surface area contributed by atoms with Gasteiger partial charge in [0.1, 0.15) is 5.82 Å². The second-order valence-electron chi connectivity index (χ2n) is 5.88. The molecule has 1 aromatic heterocycles. The van der Waals surface area contributed by atoms with Crippen LogP contribution in [-0.2, 0) is 22.6 Å². The van der Waals surface area contributed by atoms with Gasteiger partial charge in [-0.25, -0.2) is 0 Å². The summed E-state index contributed by atoms with van der Waals surface area (Å²) < 4.78 is 13.4. The van der Waals surface area contributed by atoms with E-state index >= 15 is 0 Å². The highest BCUT2D eigenvalue weighted by Gasteiger charge is 2.47. The minimum Gasteiger partial charge on any atom is -0.382 e. The van der Waals surface area contributed by atoms with Crippen molar-refractivity contribution in [3.8, 4) is 0 Å². The number of nitrogen functional groups attached to an aromatic ring is 1. The van der Waals surface area contributed by atoms with Crippen LogP contribution >= 0.6 is 0 Å². The molecule has 2 aliphatic heterocycles. The zero-order chi connectivity index (χ0) is 12.9. The molecule has 3 rings (SSSR count). The Bertz CT molecular complexity index is 451. The van der Waals surface area contributed by atoms with Gasteiger partial charge in [0, 0.05) is 19.2 Å². The minimum atomic E-state index is -0.165. The Hall–Kier alpha value is -1.11. The summed E-state index contributed by atoms with van der Waals surface area (Å²) in [6.07, 6.45) is -0.0223. The highest BCUT2D eigenvalue weighted by molar-refractivity contribution is 5.30. The second kappa shape index (κ2) is 3.94. The largest absolute Gasteiger partial charge is 0.382 e. The lowest BCUT2D eigenvalue weighted by atomic mass is 10.2. The lowest BCUT2D eigenvalue weighted by molar-refractivity contribution is -0.0579. The number of aromatic nitrogens is 2. The van der Waals surface area contributed by atoms with E-state index in [0.717, 1.165) is 25.3 Å². The lowest BCUT2D eigenvalue weighted by Gasteiger charge is -2.26. The third kappa shape index (κ3) is 2.36. The molecule has 0 bridgehead atoms. The van der Waals surface area contributed by atoms with E-state index in [1.165, 1.54) is 0 Å². The molecule has 0 saturated carbocycles. The number of anilines is 1. The molecular weight excluding hydrogens is 232 g/mol. The maximum Gasteiger partial charge on any atom is 0.200 e. The molecule has 0 amide bonds. The zero-order valence-electron chi connectivity index (χ0n) is 11.1. The molecule has 100 valence electrons. The highest BCUT2D eigenvalue weighted by Crippen LogP contribution is 2.33. The van der Waals surface area contributed by atoms with Crippen molar-refractivity contribution in [3.63, 3.8) is 0 Å². The fourth-order valence-electron chi connectivity index (χ4n) is 2.31. The van der Waals surface area contributed by atoms with Crippen molar-refractivity contribution in [2.24, 2.45) is 0 Å². The van der Waals surface area contributed by atoms with Crippen molar-refractivity contribution in [2.45, 2.75) is 52.0 Å². The average Bonchev–Trinajstić information content (AvgIpc) is 2.87. The molecule has 2 unspecified atom stereocenters. The van der Waals surface area contributed by atoms with Crippen LogP contribution in [0.15, 0.2) is 6.07 Å². The molecule has 0 aliphatic carbocycles. The van der Waals surface area contributed by atoms with Crippen molar-refractivity contribution in [1.29, 1.82) is 0 Å². The maximum atomic E-state index is 5.80. The van der Waals surface area contributed by atoms with Crippen LogP contribution in [0.3, 0.4) is 0 Å². The van der Waals surface area contributed by atoms with E-state index in [0.29, 0.717) is 5.82 Å². The number of rotatable bonds is 2. The molecular formula is C12H20N4O2. The topological polar surface area (TPSA) is 68.8 Å². The van der Waals surface area contributed by atoms with Gasteiger partial charge in [-0.05, 0) is 20.8 Å². The molecule has 1 aromatic rings. The molecule has 0 radical (unpaired) electrons. The van der Waals surface area contributed by atoms with Gasteiger partial charge < -0.3 is 15.2 Å². The van der Waals surface area contributed by atoms with Crippen LogP contribution in [0.4, 0.5) is 5.82 Å². The van der Waals surface area contributed by atoms with Gasteiger partial charge in [0.2, 0.25) is 0 Å². The van der Waals surface area contributed by atoms with Crippen LogP contribution in [0, 0.1) is 0 Å². The van der Waals surface area contributed by atoms with E-state index in [-0.39, 0.29) is 18.1 Å². The zero-order valence-corrected chi connectivity index (χ0v) is 11.1. The smallest absolute Gasteiger partial charge is 0.200 e. The van der Waals surface area contributed by atoms with Gasteiger partial charge in [0.15, 0.2) is 12.5 Å². The van der Waals surface area contributed by atoms with E-state index in [1.54, 1.807) is 0 Å². The molecule has 0 aromatic carbocycles. The van der Waals surface area contributed by atoms with Crippen molar-refractivity contribution in [1.82, 2.24) is 14.7 Å². The fraction of sp³-hybridized carbons (Fsp3) is 0.750. The van der Waals surface area contributed by atoms with Crippen LogP contribution in [-0.4, -0.2) is 39.3 Å². The normalized spacial score (nSPS) is 28.2. The number of hydrogen-bond donors (Lipinski definition) is 1. The summed E-state index contributed by atoms with van der Waals surface area (Å²) in [5.74, 6) is 0.589. The summed E-state index contributed by atoms with van der Waals surface area (Å²) in [5, 5.41) is 4.24. The van der Waals surface area contributed by atoms with Crippen LogP contribution in [0.5, 0.6) is 0 Å². The Morgan fingerprint density at radius 3 is 2.94 bits per heavy atom. The van der Waals surface area contributed by atoms with Crippen LogP contribution in [0.25, 0.3) is 0 Å². The minimum absolute atomic E-state index is 0.0779. The van der Waals surface area contributed by atoms with Gasteiger partial charge in [0.25, 0.3) is 0 Å². The van der Waals surface area contributed by atoms with Crippen LogP contribution < -0.4 is 5.73 Å². The number of ether oxygens (including phenoxy) is 2. The molecule has 1 saturated heterocycles. The van der Waals surface area contributed by atoms with Crippen LogP contribution in [0.2, 0.25) is 0 Å². The third-order valence-electron chi connectivity index (χ3n) is 3.11. The summed E-state index contributed by atoms with van der Waals surface area (Å²) >= 11 is 0. The summed E-state index contributed by atoms with van der Waals surface area (Å²) in [6.45, 7) is 8.71. The molecule has 2 aliphatic rings. The average molecular weight is 252 g/mol. The molecule has 1 fully saturated rings. The number of fused-ring (bicyclic) bond motifs is 1. The van der Waals surface area contributed by atoms with Crippen LogP contribution in [0.1, 0.15) is 26.5 Å². The monoisotopic (exact) mass is 252 g/mol. The molecule has 2 atom stereocenters. The number of epoxide rings is 1. The lowest BCUT2D eigenvalue weighted by Crippen LogP contribution is -2.37. The van der Waals surface area contributed by atoms with Gasteiger partial charge in [-0.3, -0.25) is 9.58 Å². The Labute approximate surface area is 107 Å². The predicted molar refractivity (Wildman–Crippen MR) is 66.5 cm³/mol. The van der Waals surface area contributed by atoms with E-state index in [2.05, 4.69) is 10.00 Å². The first-order valence-corrected chi connectivity index (χ1v) is 6.32. The maximum absolute atomic E-state index is 5.80. The SMILES string of the molecule is CC(C)(C)OC1OC1N1CCn2nc(N)cc2C1. The molecule has 0 spiro atoms. The van der Waals surface area contributed by atoms with E-state index in [4.69, 9.17) is 15.2 Å². The van der Waals surface area contributed by atoms with Crippen molar-refractivity contribution in [3.05, 3.63) is 11.8 Å². The molecule has 6 heteroatoms. The Morgan fingerprint density at radius 2 is 2.22 bits per heavy atom. The molecule has 6 nitrogen and oxygen atoms in total. The quantitative estimate of drug-likeness (QED) is 0.788. The van der Waals surface area contributed by atoms with Crippen molar-refractivity contribution in [2.75, 3.05) is 12.3 Å². The molecule has 3 heterocycles. The summed E-state index contributed by atoms with van der Waals surface area (Å²) in [6, 6.07) is 1.92. The summed E-state index contributed by atoms with van der Waals surface area (Å²) in [7, 11) is 0.